The van der Waals surface area contributed by atoms with Gasteiger partial charge in [0.1, 0.15) is 6.10 Å². The highest BCUT2D eigenvalue weighted by Gasteiger charge is 2.20. The van der Waals surface area contributed by atoms with Crippen LogP contribution in [-0.2, 0) is 4.74 Å². The van der Waals surface area contributed by atoms with E-state index in [2.05, 4.69) is 5.10 Å². The summed E-state index contributed by atoms with van der Waals surface area (Å²) >= 11 is 0. The van der Waals surface area contributed by atoms with Crippen molar-refractivity contribution in [3.05, 3.63) is 54.7 Å². The first kappa shape index (κ1) is 16.5. The van der Waals surface area contributed by atoms with E-state index < -0.39 is 0 Å². The second kappa shape index (κ2) is 7.09. The molecule has 1 unspecified atom stereocenters. The van der Waals surface area contributed by atoms with Gasteiger partial charge in [-0.2, -0.15) is 5.10 Å². The maximum atomic E-state index is 6.10. The van der Waals surface area contributed by atoms with Crippen molar-refractivity contribution in [2.24, 2.45) is 0 Å². The minimum absolute atomic E-state index is 0.0566. The number of benzene rings is 2. The summed E-state index contributed by atoms with van der Waals surface area (Å²) < 4.78 is 18.8. The third kappa shape index (κ3) is 3.23. The zero-order chi connectivity index (χ0) is 17.9. The van der Waals surface area contributed by atoms with Crippen LogP contribution < -0.4 is 15.2 Å². The van der Waals surface area contributed by atoms with E-state index in [9.17, 15) is 0 Å². The predicted octanol–water partition coefficient (Wildman–Crippen LogP) is 3.30. The van der Waals surface area contributed by atoms with E-state index in [0.29, 0.717) is 18.1 Å². The third-order valence-electron chi connectivity index (χ3n) is 4.42. The Balaban J connectivity index is 1.70. The number of methoxy groups -OCH3 is 1. The number of ether oxygens (including phenoxy) is 3. The molecule has 0 bridgehead atoms. The summed E-state index contributed by atoms with van der Waals surface area (Å²) in [7, 11) is 1.64. The number of anilines is 1. The minimum atomic E-state index is 0.0566. The molecule has 1 saturated heterocycles. The van der Waals surface area contributed by atoms with Crippen molar-refractivity contribution in [2.75, 3.05) is 26.1 Å². The Morgan fingerprint density at radius 1 is 1.12 bits per heavy atom. The first-order valence-electron chi connectivity index (χ1n) is 8.57. The fraction of sp³-hybridized carbons (Fsp3) is 0.250. The number of aromatic nitrogens is 2. The lowest BCUT2D eigenvalue weighted by Gasteiger charge is -2.16. The Labute approximate surface area is 152 Å². The van der Waals surface area contributed by atoms with Crippen LogP contribution >= 0.6 is 0 Å². The molecule has 1 aliphatic heterocycles. The van der Waals surface area contributed by atoms with E-state index in [0.717, 1.165) is 35.7 Å². The highest BCUT2D eigenvalue weighted by atomic mass is 16.6. The molecule has 0 amide bonds. The second-order valence-corrected chi connectivity index (χ2v) is 6.19. The van der Waals surface area contributed by atoms with Crippen molar-refractivity contribution in [3.8, 4) is 28.4 Å². The first-order valence-corrected chi connectivity index (χ1v) is 8.57. The van der Waals surface area contributed by atoms with Crippen LogP contribution in [-0.4, -0.2) is 36.2 Å². The van der Waals surface area contributed by atoms with E-state index in [1.807, 2.05) is 53.2 Å². The van der Waals surface area contributed by atoms with Crippen LogP contribution in [0, 0.1) is 0 Å². The molecule has 2 N–H and O–H groups in total. The molecule has 2 heterocycles. The van der Waals surface area contributed by atoms with E-state index >= 15 is 0 Å². The minimum Gasteiger partial charge on any atom is -0.493 e. The molecule has 1 aliphatic rings. The van der Waals surface area contributed by atoms with Crippen molar-refractivity contribution in [1.82, 2.24) is 9.78 Å². The maximum Gasteiger partial charge on any atom is 0.162 e. The van der Waals surface area contributed by atoms with E-state index in [-0.39, 0.29) is 6.10 Å². The molecule has 1 aromatic heterocycles. The van der Waals surface area contributed by atoms with Gasteiger partial charge in [0.25, 0.3) is 0 Å². The highest BCUT2D eigenvalue weighted by molar-refractivity contribution is 5.66. The van der Waals surface area contributed by atoms with E-state index in [1.165, 1.54) is 0 Å². The summed E-state index contributed by atoms with van der Waals surface area (Å²) in [6.07, 6.45) is 2.72. The van der Waals surface area contributed by atoms with Crippen LogP contribution in [0.15, 0.2) is 54.7 Å². The Hall–Kier alpha value is -2.99. The van der Waals surface area contributed by atoms with E-state index in [1.54, 1.807) is 13.3 Å². The van der Waals surface area contributed by atoms with Gasteiger partial charge in [-0.3, -0.25) is 0 Å². The number of hydrogen-bond donors (Lipinski definition) is 1. The summed E-state index contributed by atoms with van der Waals surface area (Å²) in [5, 5.41) is 4.45. The molecule has 0 saturated carbocycles. The molecule has 1 fully saturated rings. The lowest BCUT2D eigenvalue weighted by molar-refractivity contribution is 0.138. The molecule has 0 radical (unpaired) electrons. The van der Waals surface area contributed by atoms with Gasteiger partial charge in [0.15, 0.2) is 11.5 Å². The topological polar surface area (TPSA) is 71.5 Å². The van der Waals surface area contributed by atoms with Crippen LogP contribution in [0.2, 0.25) is 0 Å². The zero-order valence-electron chi connectivity index (χ0n) is 14.6. The number of nitrogens with two attached hydrogens (primary N) is 1. The highest BCUT2D eigenvalue weighted by Crippen LogP contribution is 2.34. The van der Waals surface area contributed by atoms with Crippen molar-refractivity contribution in [3.63, 3.8) is 0 Å². The van der Waals surface area contributed by atoms with Crippen molar-refractivity contribution in [1.29, 1.82) is 0 Å². The number of nitrogens with zero attached hydrogens (tertiary/aromatic N) is 2. The Morgan fingerprint density at radius 3 is 2.69 bits per heavy atom. The van der Waals surface area contributed by atoms with Crippen LogP contribution in [0.3, 0.4) is 0 Å². The van der Waals surface area contributed by atoms with Gasteiger partial charge in [-0.05, 0) is 48.5 Å². The summed E-state index contributed by atoms with van der Waals surface area (Å²) in [4.78, 5) is 0. The van der Waals surface area contributed by atoms with Crippen LogP contribution in [0.5, 0.6) is 11.5 Å². The Kier molecular flexibility index (Phi) is 4.50. The van der Waals surface area contributed by atoms with Gasteiger partial charge in [-0.1, -0.05) is 0 Å². The second-order valence-electron chi connectivity index (χ2n) is 6.19. The van der Waals surface area contributed by atoms with Crippen molar-refractivity contribution < 1.29 is 14.2 Å². The lowest BCUT2D eigenvalue weighted by atomic mass is 10.1. The average molecular weight is 351 g/mol. The van der Waals surface area contributed by atoms with Gasteiger partial charge < -0.3 is 19.9 Å². The molecular weight excluding hydrogens is 330 g/mol. The first-order chi connectivity index (χ1) is 12.7. The van der Waals surface area contributed by atoms with Crippen LogP contribution in [0.1, 0.15) is 6.42 Å². The predicted molar refractivity (Wildman–Crippen MR) is 99.8 cm³/mol. The zero-order valence-corrected chi connectivity index (χ0v) is 14.6. The largest absolute Gasteiger partial charge is 0.493 e. The summed E-state index contributed by atoms with van der Waals surface area (Å²) in [6.45, 7) is 1.34. The van der Waals surface area contributed by atoms with E-state index in [4.69, 9.17) is 19.9 Å². The quantitative estimate of drug-likeness (QED) is 0.714. The van der Waals surface area contributed by atoms with Gasteiger partial charge >= 0.3 is 0 Å². The Morgan fingerprint density at radius 2 is 1.96 bits per heavy atom. The molecule has 6 nitrogen and oxygen atoms in total. The molecule has 134 valence electrons. The fourth-order valence-corrected chi connectivity index (χ4v) is 3.06. The van der Waals surface area contributed by atoms with Gasteiger partial charge in [0.05, 0.1) is 37.9 Å². The van der Waals surface area contributed by atoms with Crippen LogP contribution in [0.25, 0.3) is 16.9 Å². The molecule has 26 heavy (non-hydrogen) atoms. The van der Waals surface area contributed by atoms with Gasteiger partial charge in [-0.25, -0.2) is 4.68 Å². The summed E-state index contributed by atoms with van der Waals surface area (Å²) in [5.41, 5.74) is 9.42. The molecule has 2 aromatic carbocycles. The SMILES string of the molecule is COc1ccc(-c2ccnn2-c2ccc(N)cc2)cc1OC1CCOC1. The number of hydrogen-bond acceptors (Lipinski definition) is 5. The Bertz CT molecular complexity index is 884. The molecule has 0 aliphatic carbocycles. The van der Waals surface area contributed by atoms with Gasteiger partial charge in [0, 0.05) is 17.7 Å². The number of nitrogen functional groups attached to an aromatic ring is 1. The van der Waals surface area contributed by atoms with Gasteiger partial charge in [-0.15, -0.1) is 0 Å². The normalized spacial score (nSPS) is 16.6. The molecule has 0 spiro atoms. The van der Waals surface area contributed by atoms with Crippen molar-refractivity contribution in [2.45, 2.75) is 12.5 Å². The van der Waals surface area contributed by atoms with Gasteiger partial charge in [0.2, 0.25) is 0 Å². The fourth-order valence-electron chi connectivity index (χ4n) is 3.06. The molecule has 4 rings (SSSR count). The maximum absolute atomic E-state index is 6.10. The molecule has 3 aromatic rings. The monoisotopic (exact) mass is 351 g/mol. The van der Waals surface area contributed by atoms with Crippen LogP contribution in [0.4, 0.5) is 5.69 Å². The average Bonchev–Trinajstić information content (AvgIpc) is 3.34. The third-order valence-corrected chi connectivity index (χ3v) is 4.42. The standard InChI is InChI=1S/C20H21N3O3/c1-24-19-7-2-14(12-20(19)26-17-9-11-25-13-17)18-8-10-22-23(18)16-5-3-15(21)4-6-16/h2-8,10,12,17H,9,11,13,21H2,1H3. The molecular formula is C20H21N3O3. The van der Waals surface area contributed by atoms with Crippen molar-refractivity contribution >= 4 is 5.69 Å². The lowest BCUT2D eigenvalue weighted by Crippen LogP contribution is -2.16. The number of rotatable bonds is 5. The summed E-state index contributed by atoms with van der Waals surface area (Å²) in [6, 6.07) is 15.5. The summed E-state index contributed by atoms with van der Waals surface area (Å²) in [5.74, 6) is 1.42. The molecule has 1 atom stereocenters. The smallest absolute Gasteiger partial charge is 0.162 e. The molecule has 6 heteroatoms.